The minimum absolute atomic E-state index is 0. The molecule has 0 aromatic heterocycles. The summed E-state index contributed by atoms with van der Waals surface area (Å²) in [5.74, 6) is -1.43. The van der Waals surface area contributed by atoms with E-state index in [0.29, 0.717) is 18.3 Å². The molecule has 0 radical (unpaired) electrons. The summed E-state index contributed by atoms with van der Waals surface area (Å²) in [6, 6.07) is 8.84. The molecule has 23 heavy (non-hydrogen) atoms. The van der Waals surface area contributed by atoms with Crippen molar-refractivity contribution in [2.45, 2.75) is 12.7 Å². The van der Waals surface area contributed by atoms with Crippen molar-refractivity contribution >= 4 is 24.0 Å². The fourth-order valence-electron chi connectivity index (χ4n) is 1.82. The fraction of sp³-hybridized carbons (Fsp3) is 0.133. The summed E-state index contributed by atoms with van der Waals surface area (Å²) < 4.78 is 37.5. The van der Waals surface area contributed by atoms with Crippen molar-refractivity contribution in [3.05, 3.63) is 59.2 Å². The number of amides is 1. The van der Waals surface area contributed by atoms with E-state index in [2.05, 4.69) is 5.32 Å². The first-order chi connectivity index (χ1) is 10.3. The molecule has 0 bridgehead atoms. The van der Waals surface area contributed by atoms with E-state index >= 15 is 0 Å². The first-order valence-electron chi connectivity index (χ1n) is 6.32. The summed E-state index contributed by atoms with van der Waals surface area (Å²) in [6.45, 7) is 0.355. The minimum Gasteiger partial charge on any atom is -0.507 e. The fourth-order valence-corrected chi connectivity index (χ4v) is 1.82. The molecule has 8 heteroatoms. The number of alkyl halides is 3. The Bertz CT molecular complexity index is 688. The first-order valence-corrected chi connectivity index (χ1v) is 6.32. The van der Waals surface area contributed by atoms with Crippen LogP contribution >= 0.6 is 12.4 Å². The number of phenolic OH excluding ortho intramolecular Hbond substituents is 1. The zero-order chi connectivity index (χ0) is 16.3. The van der Waals surface area contributed by atoms with E-state index in [1.54, 1.807) is 24.3 Å². The molecule has 2 aromatic carbocycles. The number of rotatable bonds is 3. The van der Waals surface area contributed by atoms with Crippen molar-refractivity contribution in [3.8, 4) is 5.75 Å². The summed E-state index contributed by atoms with van der Waals surface area (Å²) in [5, 5.41) is 12.1. The summed E-state index contributed by atoms with van der Waals surface area (Å²) in [4.78, 5) is 12.0. The number of hydrogen-bond donors (Lipinski definition) is 3. The van der Waals surface area contributed by atoms with Gasteiger partial charge in [0.15, 0.2) is 0 Å². The van der Waals surface area contributed by atoms with Gasteiger partial charge >= 0.3 is 6.18 Å². The van der Waals surface area contributed by atoms with Crippen molar-refractivity contribution in [2.75, 3.05) is 5.32 Å². The summed E-state index contributed by atoms with van der Waals surface area (Å²) >= 11 is 0. The van der Waals surface area contributed by atoms with Crippen LogP contribution in [-0.2, 0) is 12.7 Å². The quantitative estimate of drug-likeness (QED) is 0.795. The van der Waals surface area contributed by atoms with Gasteiger partial charge < -0.3 is 16.2 Å². The number of aromatic hydroxyl groups is 1. The third kappa shape index (κ3) is 4.61. The molecule has 0 aliphatic rings. The Morgan fingerprint density at radius 1 is 1.13 bits per heavy atom. The van der Waals surface area contributed by atoms with E-state index in [1.165, 1.54) is 0 Å². The van der Waals surface area contributed by atoms with E-state index in [-0.39, 0.29) is 18.0 Å². The number of nitrogens with two attached hydrogens (primary N) is 1. The maximum absolute atomic E-state index is 12.5. The van der Waals surface area contributed by atoms with Gasteiger partial charge in [0.1, 0.15) is 5.75 Å². The smallest absolute Gasteiger partial charge is 0.416 e. The van der Waals surface area contributed by atoms with Crippen LogP contribution < -0.4 is 11.1 Å². The van der Waals surface area contributed by atoms with Gasteiger partial charge in [-0.15, -0.1) is 12.4 Å². The highest BCUT2D eigenvalue weighted by atomic mass is 35.5. The van der Waals surface area contributed by atoms with Crippen molar-refractivity contribution in [1.82, 2.24) is 0 Å². The van der Waals surface area contributed by atoms with Crippen LogP contribution in [0.2, 0.25) is 0 Å². The Hall–Kier alpha value is -2.25. The van der Waals surface area contributed by atoms with Crippen LogP contribution in [0.15, 0.2) is 42.5 Å². The molecule has 124 valence electrons. The largest absolute Gasteiger partial charge is 0.507 e. The standard InChI is InChI=1S/C15H13F3N2O2.ClH/c16-15(17,18)10-3-6-12(13(21)7-10)14(22)20-11-4-1-9(8-19)2-5-11;/h1-7,21H,8,19H2,(H,20,22);1H. The number of halogens is 4. The number of carbonyl (C=O) groups excluding carboxylic acids is 1. The van der Waals surface area contributed by atoms with Crippen LogP contribution in [0.3, 0.4) is 0 Å². The first kappa shape index (κ1) is 18.8. The molecule has 4 nitrogen and oxygen atoms in total. The van der Waals surface area contributed by atoms with Crippen LogP contribution in [0.5, 0.6) is 5.75 Å². The second-order valence-corrected chi connectivity index (χ2v) is 4.58. The SMILES string of the molecule is Cl.NCc1ccc(NC(=O)c2ccc(C(F)(F)F)cc2O)cc1. The lowest BCUT2D eigenvalue weighted by Gasteiger charge is -2.10. The number of phenols is 1. The van der Waals surface area contributed by atoms with Gasteiger partial charge in [-0.25, -0.2) is 0 Å². The Labute approximate surface area is 136 Å². The number of hydrogen-bond acceptors (Lipinski definition) is 3. The second kappa shape index (κ2) is 7.34. The molecule has 0 spiro atoms. The Morgan fingerprint density at radius 2 is 1.74 bits per heavy atom. The molecule has 0 atom stereocenters. The van der Waals surface area contributed by atoms with Gasteiger partial charge in [-0.2, -0.15) is 13.2 Å². The normalized spacial score (nSPS) is 10.8. The molecule has 0 saturated heterocycles. The maximum atomic E-state index is 12.5. The zero-order valence-corrected chi connectivity index (χ0v) is 12.5. The lowest BCUT2D eigenvalue weighted by molar-refractivity contribution is -0.137. The molecular weight excluding hydrogens is 333 g/mol. The van der Waals surface area contributed by atoms with E-state index in [9.17, 15) is 23.1 Å². The molecule has 0 fully saturated rings. The van der Waals surface area contributed by atoms with Gasteiger partial charge in [0, 0.05) is 12.2 Å². The average molecular weight is 347 g/mol. The number of nitrogens with one attached hydrogen (secondary N) is 1. The van der Waals surface area contributed by atoms with Gasteiger partial charge in [0.2, 0.25) is 0 Å². The highest BCUT2D eigenvalue weighted by Crippen LogP contribution is 2.32. The molecular formula is C15H14ClF3N2O2. The predicted octanol–water partition coefficient (Wildman–Crippen LogP) is 3.54. The Balaban J connectivity index is 0.00000264. The zero-order valence-electron chi connectivity index (χ0n) is 11.7. The lowest BCUT2D eigenvalue weighted by atomic mass is 10.1. The summed E-state index contributed by atoms with van der Waals surface area (Å²) in [5.41, 5.74) is 5.51. The summed E-state index contributed by atoms with van der Waals surface area (Å²) in [6.07, 6.45) is -4.58. The van der Waals surface area contributed by atoms with Crippen molar-refractivity contribution in [3.63, 3.8) is 0 Å². The van der Waals surface area contributed by atoms with Gasteiger partial charge in [0.05, 0.1) is 11.1 Å². The third-order valence-corrected chi connectivity index (χ3v) is 3.02. The number of carbonyl (C=O) groups is 1. The molecule has 1 amide bonds. The molecule has 4 N–H and O–H groups in total. The van der Waals surface area contributed by atoms with E-state index in [1.807, 2.05) is 0 Å². The lowest BCUT2D eigenvalue weighted by Crippen LogP contribution is -2.13. The third-order valence-electron chi connectivity index (χ3n) is 3.02. The average Bonchev–Trinajstić information content (AvgIpc) is 2.46. The van der Waals surface area contributed by atoms with E-state index in [4.69, 9.17) is 5.73 Å². The maximum Gasteiger partial charge on any atom is 0.416 e. The highest BCUT2D eigenvalue weighted by Gasteiger charge is 2.31. The van der Waals surface area contributed by atoms with E-state index < -0.39 is 23.4 Å². The van der Waals surface area contributed by atoms with Crippen molar-refractivity contribution < 1.29 is 23.1 Å². The number of benzene rings is 2. The van der Waals surface area contributed by atoms with Crippen LogP contribution in [0, 0.1) is 0 Å². The van der Waals surface area contributed by atoms with Gasteiger partial charge in [-0.1, -0.05) is 12.1 Å². The van der Waals surface area contributed by atoms with Gasteiger partial charge in [0.25, 0.3) is 5.91 Å². The van der Waals surface area contributed by atoms with Crippen LogP contribution in [0.1, 0.15) is 21.5 Å². The minimum atomic E-state index is -4.58. The molecule has 2 aromatic rings. The van der Waals surface area contributed by atoms with Gasteiger partial charge in [-0.05, 0) is 35.9 Å². The molecule has 0 saturated carbocycles. The van der Waals surface area contributed by atoms with Crippen molar-refractivity contribution in [1.29, 1.82) is 0 Å². The van der Waals surface area contributed by atoms with Crippen LogP contribution in [-0.4, -0.2) is 11.0 Å². The number of anilines is 1. The molecule has 0 aliphatic heterocycles. The Kier molecular flexibility index (Phi) is 6.00. The van der Waals surface area contributed by atoms with Crippen LogP contribution in [0.4, 0.5) is 18.9 Å². The Morgan fingerprint density at radius 3 is 2.22 bits per heavy atom. The predicted molar refractivity (Wildman–Crippen MR) is 82.6 cm³/mol. The highest BCUT2D eigenvalue weighted by molar-refractivity contribution is 6.06. The second-order valence-electron chi connectivity index (χ2n) is 4.58. The molecule has 2 rings (SSSR count). The molecule has 0 unspecified atom stereocenters. The topological polar surface area (TPSA) is 75.3 Å². The van der Waals surface area contributed by atoms with Crippen molar-refractivity contribution in [2.24, 2.45) is 5.73 Å². The van der Waals surface area contributed by atoms with E-state index in [0.717, 1.165) is 17.7 Å². The molecule has 0 heterocycles. The van der Waals surface area contributed by atoms with Gasteiger partial charge in [-0.3, -0.25) is 4.79 Å². The van der Waals surface area contributed by atoms with Crippen LogP contribution in [0.25, 0.3) is 0 Å². The monoisotopic (exact) mass is 346 g/mol. The molecule has 0 aliphatic carbocycles. The summed E-state index contributed by atoms with van der Waals surface area (Å²) in [7, 11) is 0.